The molecule has 1 aromatic rings. The molecule has 2 aliphatic rings. The standard InChI is InChI=1S/C22H38N4O2S/c1-3-26-14-6-9-19(26)17-24-22(23-13-12-20-10-7-15-28-20)25-18-8-5-11-21(16-18)29(27)4-2/h7,10,15,18-19,21H,3-6,8-9,11-14,16-17H2,1-2H3,(H2,23,24,25). The van der Waals surface area contributed by atoms with Crippen LogP contribution in [-0.2, 0) is 17.2 Å². The monoisotopic (exact) mass is 422 g/mol. The summed E-state index contributed by atoms with van der Waals surface area (Å²) in [7, 11) is -0.706. The van der Waals surface area contributed by atoms with Crippen LogP contribution in [0.15, 0.2) is 27.8 Å². The zero-order valence-corrected chi connectivity index (χ0v) is 18.9. The van der Waals surface area contributed by atoms with Gasteiger partial charge in [0, 0.05) is 46.9 Å². The van der Waals surface area contributed by atoms with Crippen LogP contribution in [0.4, 0.5) is 0 Å². The number of furan rings is 1. The number of hydrogen-bond acceptors (Lipinski definition) is 4. The second-order valence-electron chi connectivity index (χ2n) is 8.17. The lowest BCUT2D eigenvalue weighted by atomic mass is 9.95. The third-order valence-electron chi connectivity index (χ3n) is 6.23. The van der Waals surface area contributed by atoms with Gasteiger partial charge in [0.15, 0.2) is 5.96 Å². The van der Waals surface area contributed by atoms with Crippen molar-refractivity contribution in [1.29, 1.82) is 0 Å². The predicted molar refractivity (Wildman–Crippen MR) is 121 cm³/mol. The average Bonchev–Trinajstić information content (AvgIpc) is 3.43. The molecule has 1 aliphatic carbocycles. The Morgan fingerprint density at radius 1 is 1.31 bits per heavy atom. The molecule has 1 aliphatic heterocycles. The molecule has 0 amide bonds. The summed E-state index contributed by atoms with van der Waals surface area (Å²) in [5, 5.41) is 7.48. The van der Waals surface area contributed by atoms with Gasteiger partial charge in [0.25, 0.3) is 0 Å². The van der Waals surface area contributed by atoms with Crippen molar-refractivity contribution < 1.29 is 8.63 Å². The van der Waals surface area contributed by atoms with Crippen LogP contribution in [0.2, 0.25) is 0 Å². The van der Waals surface area contributed by atoms with E-state index in [9.17, 15) is 4.21 Å². The number of guanidine groups is 1. The molecule has 164 valence electrons. The van der Waals surface area contributed by atoms with E-state index in [1.165, 1.54) is 19.4 Å². The van der Waals surface area contributed by atoms with E-state index in [1.807, 2.05) is 19.1 Å². The van der Waals surface area contributed by atoms with Gasteiger partial charge in [0.2, 0.25) is 0 Å². The van der Waals surface area contributed by atoms with Gasteiger partial charge >= 0.3 is 0 Å². The molecule has 29 heavy (non-hydrogen) atoms. The Morgan fingerprint density at radius 3 is 2.97 bits per heavy atom. The van der Waals surface area contributed by atoms with E-state index in [1.54, 1.807) is 6.26 Å². The van der Waals surface area contributed by atoms with E-state index in [4.69, 9.17) is 9.41 Å². The van der Waals surface area contributed by atoms with Gasteiger partial charge in [0.1, 0.15) is 5.76 Å². The van der Waals surface area contributed by atoms with Crippen LogP contribution < -0.4 is 10.6 Å². The summed E-state index contributed by atoms with van der Waals surface area (Å²) in [5.41, 5.74) is 0. The van der Waals surface area contributed by atoms with E-state index < -0.39 is 10.8 Å². The largest absolute Gasteiger partial charge is 0.469 e. The molecular formula is C22H38N4O2S. The molecule has 7 heteroatoms. The first-order valence-electron chi connectivity index (χ1n) is 11.4. The Bertz CT molecular complexity index is 649. The minimum atomic E-state index is -0.706. The summed E-state index contributed by atoms with van der Waals surface area (Å²) in [6, 6.07) is 4.84. The number of aliphatic imine (C=N–C) groups is 1. The highest BCUT2D eigenvalue weighted by Crippen LogP contribution is 2.23. The summed E-state index contributed by atoms with van der Waals surface area (Å²) < 4.78 is 17.7. The summed E-state index contributed by atoms with van der Waals surface area (Å²) >= 11 is 0. The third kappa shape index (κ3) is 6.85. The van der Waals surface area contributed by atoms with Gasteiger partial charge in [-0.25, -0.2) is 0 Å². The van der Waals surface area contributed by atoms with Gasteiger partial charge in [-0.3, -0.25) is 14.1 Å². The number of hydrogen-bond donors (Lipinski definition) is 2. The molecule has 4 unspecified atom stereocenters. The lowest BCUT2D eigenvalue weighted by molar-refractivity contribution is 0.272. The molecular weight excluding hydrogens is 384 g/mol. The molecule has 2 N–H and O–H groups in total. The highest BCUT2D eigenvalue weighted by molar-refractivity contribution is 7.85. The molecule has 2 fully saturated rings. The molecule has 0 radical (unpaired) electrons. The highest BCUT2D eigenvalue weighted by Gasteiger charge is 2.27. The molecule has 1 saturated carbocycles. The molecule has 1 aromatic heterocycles. The zero-order chi connectivity index (χ0) is 20.5. The van der Waals surface area contributed by atoms with Gasteiger partial charge in [-0.15, -0.1) is 0 Å². The molecule has 6 nitrogen and oxygen atoms in total. The first kappa shape index (κ1) is 22.3. The highest BCUT2D eigenvalue weighted by atomic mass is 32.2. The number of nitrogens with zero attached hydrogens (tertiary/aromatic N) is 2. The lowest BCUT2D eigenvalue weighted by Crippen LogP contribution is -2.47. The topological polar surface area (TPSA) is 69.9 Å². The molecule has 2 heterocycles. The molecule has 0 aromatic carbocycles. The molecule has 0 spiro atoms. The van der Waals surface area contributed by atoms with Crippen LogP contribution in [0, 0.1) is 0 Å². The molecule has 0 bridgehead atoms. The van der Waals surface area contributed by atoms with Gasteiger partial charge in [-0.2, -0.15) is 0 Å². The van der Waals surface area contributed by atoms with Gasteiger partial charge in [-0.05, 0) is 57.3 Å². The Hall–Kier alpha value is -1.34. The number of likely N-dealkylation sites (N-methyl/N-ethyl adjacent to an activating group) is 1. The van der Waals surface area contributed by atoms with E-state index in [-0.39, 0.29) is 0 Å². The summed E-state index contributed by atoms with van der Waals surface area (Å²) in [5.74, 6) is 2.64. The second-order valence-corrected chi connectivity index (χ2v) is 10.2. The minimum Gasteiger partial charge on any atom is -0.469 e. The van der Waals surface area contributed by atoms with Gasteiger partial charge in [0.05, 0.1) is 12.8 Å². The van der Waals surface area contributed by atoms with Crippen molar-refractivity contribution in [1.82, 2.24) is 15.5 Å². The van der Waals surface area contributed by atoms with Crippen molar-refractivity contribution in [3.8, 4) is 0 Å². The maximum Gasteiger partial charge on any atom is 0.191 e. The van der Waals surface area contributed by atoms with E-state index in [0.717, 1.165) is 69.2 Å². The van der Waals surface area contributed by atoms with Crippen molar-refractivity contribution >= 4 is 16.8 Å². The zero-order valence-electron chi connectivity index (χ0n) is 18.1. The Kier molecular flexibility index (Phi) is 9.05. The van der Waals surface area contributed by atoms with Crippen molar-refractivity contribution in [2.75, 3.05) is 31.9 Å². The smallest absolute Gasteiger partial charge is 0.191 e. The van der Waals surface area contributed by atoms with Crippen LogP contribution >= 0.6 is 0 Å². The third-order valence-corrected chi connectivity index (χ3v) is 7.97. The lowest BCUT2D eigenvalue weighted by Gasteiger charge is -2.30. The maximum atomic E-state index is 12.3. The maximum absolute atomic E-state index is 12.3. The van der Waals surface area contributed by atoms with Crippen molar-refractivity contribution in [2.45, 2.75) is 76.1 Å². The van der Waals surface area contributed by atoms with E-state index >= 15 is 0 Å². The van der Waals surface area contributed by atoms with Crippen LogP contribution in [-0.4, -0.2) is 64.3 Å². The fraction of sp³-hybridized carbons (Fsp3) is 0.773. The van der Waals surface area contributed by atoms with E-state index in [0.29, 0.717) is 17.3 Å². The second kappa shape index (κ2) is 11.7. The van der Waals surface area contributed by atoms with Gasteiger partial charge < -0.3 is 15.1 Å². The van der Waals surface area contributed by atoms with Crippen LogP contribution in [0.3, 0.4) is 0 Å². The Morgan fingerprint density at radius 2 is 2.21 bits per heavy atom. The summed E-state index contributed by atoms with van der Waals surface area (Å²) in [6.07, 6.45) is 9.40. The van der Waals surface area contributed by atoms with E-state index in [2.05, 4.69) is 22.5 Å². The predicted octanol–water partition coefficient (Wildman–Crippen LogP) is 2.92. The summed E-state index contributed by atoms with van der Waals surface area (Å²) in [4.78, 5) is 7.49. The van der Waals surface area contributed by atoms with Crippen molar-refractivity contribution in [2.24, 2.45) is 4.99 Å². The fourth-order valence-electron chi connectivity index (χ4n) is 4.57. The quantitative estimate of drug-likeness (QED) is 0.473. The van der Waals surface area contributed by atoms with Crippen molar-refractivity contribution in [3.05, 3.63) is 24.2 Å². The average molecular weight is 423 g/mol. The number of likely N-dealkylation sites (tertiary alicyclic amines) is 1. The van der Waals surface area contributed by atoms with Crippen LogP contribution in [0.25, 0.3) is 0 Å². The minimum absolute atomic E-state index is 0.320. The molecule has 3 rings (SSSR count). The Labute approximate surface area is 178 Å². The Balaban J connectivity index is 1.58. The van der Waals surface area contributed by atoms with Crippen LogP contribution in [0.1, 0.15) is 58.1 Å². The normalized spacial score (nSPS) is 27.1. The van der Waals surface area contributed by atoms with Crippen LogP contribution in [0.5, 0.6) is 0 Å². The molecule has 4 atom stereocenters. The van der Waals surface area contributed by atoms with Crippen molar-refractivity contribution in [3.63, 3.8) is 0 Å². The van der Waals surface area contributed by atoms with Gasteiger partial charge in [-0.1, -0.05) is 20.3 Å². The number of nitrogens with one attached hydrogen (secondary N) is 2. The fourth-order valence-corrected chi connectivity index (χ4v) is 5.92. The SMILES string of the molecule is CCN1CCCC1CN=C(NCCc1ccco1)NC1CCCC(S(=O)CC)C1. The number of rotatable bonds is 9. The first-order valence-corrected chi connectivity index (χ1v) is 12.8. The summed E-state index contributed by atoms with van der Waals surface area (Å²) in [6.45, 7) is 8.18. The molecule has 1 saturated heterocycles. The first-order chi connectivity index (χ1) is 14.2.